The van der Waals surface area contributed by atoms with Gasteiger partial charge in [0.05, 0.1) is 18.8 Å². The van der Waals surface area contributed by atoms with E-state index in [0.717, 1.165) is 54.8 Å². The Hall–Kier alpha value is -2.54. The van der Waals surface area contributed by atoms with Crippen LogP contribution < -0.4 is 10.6 Å². The number of aromatic nitrogens is 6. The fourth-order valence-corrected chi connectivity index (χ4v) is 3.45. The molecule has 1 aliphatic rings. The molecule has 0 saturated heterocycles. The quantitative estimate of drug-likeness (QED) is 0.269. The summed E-state index contributed by atoms with van der Waals surface area (Å²) in [5.74, 6) is 2.57. The zero-order valence-corrected chi connectivity index (χ0v) is 20.1. The molecule has 0 bridgehead atoms. The molecule has 1 aromatic carbocycles. The summed E-state index contributed by atoms with van der Waals surface area (Å²) in [4.78, 5) is 13.3. The summed E-state index contributed by atoms with van der Waals surface area (Å²) >= 11 is 0. The average Bonchev–Trinajstić information content (AvgIpc) is 3.42. The van der Waals surface area contributed by atoms with Crippen molar-refractivity contribution in [2.24, 2.45) is 4.99 Å². The predicted octanol–water partition coefficient (Wildman–Crippen LogP) is 1.69. The van der Waals surface area contributed by atoms with E-state index in [1.54, 1.807) is 18.1 Å². The lowest BCUT2D eigenvalue weighted by atomic mass is 10.1. The van der Waals surface area contributed by atoms with E-state index in [9.17, 15) is 0 Å². The Morgan fingerprint density at radius 3 is 2.84 bits per heavy atom. The summed E-state index contributed by atoms with van der Waals surface area (Å²) in [6.45, 7) is 4.67. The van der Waals surface area contributed by atoms with Crippen LogP contribution in [0.4, 0.5) is 0 Å². The number of rotatable bonds is 7. The third-order valence-electron chi connectivity index (χ3n) is 4.90. The van der Waals surface area contributed by atoms with Crippen molar-refractivity contribution in [1.29, 1.82) is 0 Å². The van der Waals surface area contributed by atoms with E-state index in [1.165, 1.54) is 6.33 Å². The van der Waals surface area contributed by atoms with Crippen LogP contribution in [0.1, 0.15) is 30.6 Å². The van der Waals surface area contributed by atoms with Gasteiger partial charge in [0.2, 0.25) is 0 Å². The number of methoxy groups -OCH3 is 1. The van der Waals surface area contributed by atoms with Crippen molar-refractivity contribution in [3.05, 3.63) is 54.1 Å². The first-order chi connectivity index (χ1) is 14.7. The van der Waals surface area contributed by atoms with Crippen LogP contribution in [-0.4, -0.2) is 55.2 Å². The maximum absolute atomic E-state index is 5.14. The minimum absolute atomic E-state index is 0. The van der Waals surface area contributed by atoms with Gasteiger partial charge < -0.3 is 15.4 Å². The van der Waals surface area contributed by atoms with Gasteiger partial charge in [-0.1, -0.05) is 12.1 Å². The first-order valence-corrected chi connectivity index (χ1v) is 10.2. The molecule has 0 aliphatic carbocycles. The van der Waals surface area contributed by atoms with Crippen LogP contribution >= 0.6 is 24.0 Å². The monoisotopic (exact) mass is 537 g/mol. The summed E-state index contributed by atoms with van der Waals surface area (Å²) < 4.78 is 8.85. The largest absolute Gasteiger partial charge is 0.377 e. The number of benzene rings is 1. The number of halogens is 1. The Kier molecular flexibility index (Phi) is 8.35. The lowest BCUT2D eigenvalue weighted by Gasteiger charge is -2.25. The molecular weight excluding hydrogens is 509 g/mol. The fourth-order valence-electron chi connectivity index (χ4n) is 3.45. The van der Waals surface area contributed by atoms with Crippen molar-refractivity contribution in [2.45, 2.75) is 45.5 Å². The summed E-state index contributed by atoms with van der Waals surface area (Å²) in [6.07, 6.45) is 5.08. The van der Waals surface area contributed by atoms with E-state index in [-0.39, 0.29) is 30.0 Å². The van der Waals surface area contributed by atoms with Crippen molar-refractivity contribution in [3.63, 3.8) is 0 Å². The van der Waals surface area contributed by atoms with Crippen molar-refractivity contribution in [3.8, 4) is 5.69 Å². The van der Waals surface area contributed by atoms with Gasteiger partial charge in [-0.2, -0.15) is 10.2 Å². The van der Waals surface area contributed by atoms with E-state index >= 15 is 0 Å². The summed E-state index contributed by atoms with van der Waals surface area (Å²) in [6, 6.07) is 8.41. The van der Waals surface area contributed by atoms with Crippen LogP contribution in [0.5, 0.6) is 0 Å². The van der Waals surface area contributed by atoms with Crippen LogP contribution in [0.2, 0.25) is 0 Å². The number of hydrogen-bond donors (Lipinski definition) is 2. The van der Waals surface area contributed by atoms with Gasteiger partial charge in [-0.25, -0.2) is 24.3 Å². The summed E-state index contributed by atoms with van der Waals surface area (Å²) in [5, 5.41) is 15.6. The van der Waals surface area contributed by atoms with E-state index in [4.69, 9.17) is 9.73 Å². The van der Waals surface area contributed by atoms with Crippen molar-refractivity contribution < 1.29 is 4.74 Å². The van der Waals surface area contributed by atoms with Crippen LogP contribution in [-0.2, 0) is 30.9 Å². The normalized spacial score (nSPS) is 15.8. The molecule has 11 heteroatoms. The number of aryl methyl sites for hydroxylation is 1. The van der Waals surface area contributed by atoms with Crippen LogP contribution in [0, 0.1) is 0 Å². The summed E-state index contributed by atoms with van der Waals surface area (Å²) in [5.41, 5.74) is 2.10. The lowest BCUT2D eigenvalue weighted by Crippen LogP contribution is -2.47. The standard InChI is InChI=1S/C20H27N9O.HI/c1-3-22-20(23-10-15-4-7-17(8-5-15)29-14-21-13-24-29)25-16-6-9-19-26-18(12-30-2)27-28(19)11-16;/h4-5,7-8,13-14,16H,3,6,9-12H2,1-2H3,(H2,22,23,25);1H. The smallest absolute Gasteiger partial charge is 0.191 e. The number of nitrogens with zero attached hydrogens (tertiary/aromatic N) is 7. The van der Waals surface area contributed by atoms with Gasteiger partial charge in [-0.05, 0) is 31.0 Å². The van der Waals surface area contributed by atoms with Crippen molar-refractivity contribution in [2.75, 3.05) is 13.7 Å². The van der Waals surface area contributed by atoms with E-state index in [2.05, 4.69) is 49.9 Å². The van der Waals surface area contributed by atoms with Gasteiger partial charge >= 0.3 is 0 Å². The Balaban J connectivity index is 0.00000272. The number of nitrogens with one attached hydrogen (secondary N) is 2. The van der Waals surface area contributed by atoms with Crippen LogP contribution in [0.3, 0.4) is 0 Å². The molecule has 3 heterocycles. The van der Waals surface area contributed by atoms with Crippen LogP contribution in [0.25, 0.3) is 5.69 Å². The van der Waals surface area contributed by atoms with Gasteiger partial charge in [0.25, 0.3) is 0 Å². The molecular formula is C20H28IN9O. The third kappa shape index (κ3) is 6.00. The molecule has 0 amide bonds. The van der Waals surface area contributed by atoms with Gasteiger partial charge in [0.15, 0.2) is 11.8 Å². The molecule has 1 atom stereocenters. The van der Waals surface area contributed by atoms with Gasteiger partial charge in [-0.3, -0.25) is 0 Å². The molecule has 0 spiro atoms. The highest BCUT2D eigenvalue weighted by atomic mass is 127. The molecule has 1 aliphatic heterocycles. The van der Waals surface area contributed by atoms with E-state index in [1.807, 2.05) is 16.8 Å². The molecule has 0 radical (unpaired) electrons. The average molecular weight is 537 g/mol. The molecule has 31 heavy (non-hydrogen) atoms. The first-order valence-electron chi connectivity index (χ1n) is 10.2. The fraction of sp³-hybridized carbons (Fsp3) is 0.450. The second kappa shape index (κ2) is 11.2. The number of guanidine groups is 1. The predicted molar refractivity (Wildman–Crippen MR) is 128 cm³/mol. The molecule has 2 aromatic heterocycles. The van der Waals surface area contributed by atoms with E-state index < -0.39 is 0 Å². The van der Waals surface area contributed by atoms with Crippen molar-refractivity contribution >= 4 is 29.9 Å². The first kappa shape index (κ1) is 23.1. The molecule has 2 N–H and O–H groups in total. The Morgan fingerprint density at radius 2 is 2.13 bits per heavy atom. The van der Waals surface area contributed by atoms with Gasteiger partial charge in [0, 0.05) is 26.1 Å². The lowest BCUT2D eigenvalue weighted by molar-refractivity contribution is 0.177. The molecule has 1 unspecified atom stereocenters. The number of aliphatic imine (C=N–C) groups is 1. The van der Waals surface area contributed by atoms with E-state index in [0.29, 0.717) is 13.2 Å². The highest BCUT2D eigenvalue weighted by Gasteiger charge is 2.22. The molecule has 4 rings (SSSR count). The van der Waals surface area contributed by atoms with Crippen molar-refractivity contribution in [1.82, 2.24) is 40.2 Å². The minimum Gasteiger partial charge on any atom is -0.377 e. The topological polar surface area (TPSA) is 107 Å². The molecule has 0 fully saturated rings. The number of ether oxygens (including phenoxy) is 1. The van der Waals surface area contributed by atoms with Crippen LogP contribution in [0.15, 0.2) is 41.9 Å². The van der Waals surface area contributed by atoms with Gasteiger partial charge in [-0.15, -0.1) is 24.0 Å². The maximum atomic E-state index is 5.14. The minimum atomic E-state index is 0. The maximum Gasteiger partial charge on any atom is 0.191 e. The zero-order valence-electron chi connectivity index (χ0n) is 17.7. The Bertz CT molecular complexity index is 969. The molecule has 3 aromatic rings. The molecule has 166 valence electrons. The Morgan fingerprint density at radius 1 is 1.29 bits per heavy atom. The second-order valence-corrected chi connectivity index (χ2v) is 7.14. The zero-order chi connectivity index (χ0) is 20.8. The highest BCUT2D eigenvalue weighted by Crippen LogP contribution is 2.14. The highest BCUT2D eigenvalue weighted by molar-refractivity contribution is 14.0. The summed E-state index contributed by atoms with van der Waals surface area (Å²) in [7, 11) is 1.66. The number of hydrogen-bond acceptors (Lipinski definition) is 6. The van der Waals surface area contributed by atoms with Gasteiger partial charge in [0.1, 0.15) is 25.1 Å². The SMILES string of the molecule is CCNC(=NCc1ccc(-n2cncn2)cc1)NC1CCc2nc(COC)nn2C1.I. The Labute approximate surface area is 198 Å². The number of fused-ring (bicyclic) bond motifs is 1. The second-order valence-electron chi connectivity index (χ2n) is 7.14. The molecule has 0 saturated carbocycles. The third-order valence-corrected chi connectivity index (χ3v) is 4.90. The molecule has 10 nitrogen and oxygen atoms in total.